The summed E-state index contributed by atoms with van der Waals surface area (Å²) in [6.45, 7) is 0.386. The zero-order valence-corrected chi connectivity index (χ0v) is 22.1. The summed E-state index contributed by atoms with van der Waals surface area (Å²) in [5.74, 6) is 0.147. The van der Waals surface area contributed by atoms with E-state index in [1.807, 2.05) is 6.07 Å². The minimum Gasteiger partial charge on any atom is -0.383 e. The van der Waals surface area contributed by atoms with Gasteiger partial charge in [-0.15, -0.1) is 0 Å². The Hall–Kier alpha value is -4.30. The third kappa shape index (κ3) is 10.4. The van der Waals surface area contributed by atoms with Crippen LogP contribution in [-0.2, 0) is 33.3 Å². The predicted molar refractivity (Wildman–Crippen MR) is 142 cm³/mol. The molecule has 0 aliphatic rings. The van der Waals surface area contributed by atoms with Crippen molar-refractivity contribution in [2.24, 2.45) is 0 Å². The van der Waals surface area contributed by atoms with Gasteiger partial charge in [-0.2, -0.15) is 16.8 Å². The molecule has 38 heavy (non-hydrogen) atoms. The van der Waals surface area contributed by atoms with Crippen LogP contribution in [0, 0.1) is 0 Å². The Morgan fingerprint density at radius 2 is 1.03 bits per heavy atom. The van der Waals surface area contributed by atoms with Crippen LogP contribution < -0.4 is 29.6 Å². The van der Waals surface area contributed by atoms with E-state index < -0.39 is 32.3 Å². The van der Waals surface area contributed by atoms with Gasteiger partial charge in [-0.05, 0) is 35.4 Å². The highest BCUT2D eigenvalue weighted by molar-refractivity contribution is 7.86. The number of amides is 4. The van der Waals surface area contributed by atoms with Crippen molar-refractivity contribution in [3.8, 4) is 11.5 Å². The predicted octanol–water partition coefficient (Wildman–Crippen LogP) is 3.01. The maximum atomic E-state index is 12.3. The normalized spacial score (nSPS) is 11.2. The number of nitrogens with one attached hydrogen (secondary N) is 4. The molecular formula is C24H26N4O8S2. The second kappa shape index (κ2) is 12.3. The number of benzene rings is 3. The summed E-state index contributed by atoms with van der Waals surface area (Å²) in [7, 11) is -7.38. The van der Waals surface area contributed by atoms with Gasteiger partial charge in [0.2, 0.25) is 0 Å². The van der Waals surface area contributed by atoms with Crippen molar-refractivity contribution in [2.45, 2.75) is 13.1 Å². The van der Waals surface area contributed by atoms with Crippen molar-refractivity contribution in [1.29, 1.82) is 0 Å². The lowest BCUT2D eigenvalue weighted by molar-refractivity contribution is 0.251. The zero-order valence-electron chi connectivity index (χ0n) is 20.4. The Morgan fingerprint density at radius 1 is 0.632 bits per heavy atom. The molecule has 3 rings (SSSR count). The van der Waals surface area contributed by atoms with Crippen molar-refractivity contribution in [1.82, 2.24) is 10.6 Å². The van der Waals surface area contributed by atoms with Gasteiger partial charge < -0.3 is 29.6 Å². The summed E-state index contributed by atoms with van der Waals surface area (Å²) in [5.41, 5.74) is 2.25. The molecule has 0 radical (unpaired) electrons. The summed E-state index contributed by atoms with van der Waals surface area (Å²) < 4.78 is 54.7. The molecule has 0 unspecified atom stereocenters. The second-order valence-electron chi connectivity index (χ2n) is 8.07. The lowest BCUT2D eigenvalue weighted by Gasteiger charge is -2.11. The molecule has 0 spiro atoms. The van der Waals surface area contributed by atoms with Gasteiger partial charge in [0.25, 0.3) is 0 Å². The van der Waals surface area contributed by atoms with E-state index in [4.69, 9.17) is 8.37 Å². The molecule has 4 N–H and O–H groups in total. The number of anilines is 2. The standard InChI is InChI=1S/C24H26N4O8S2/c1-37(31,32)35-21-10-4-8-19(13-21)27-23(29)25-15-17-6-3-7-18(12-17)16-26-24(30)28-20-9-5-11-22(14-20)36-38(2,33)34/h3-14H,15-16H2,1-2H3,(H2,25,27,29)(H2,26,28,30). The van der Waals surface area contributed by atoms with Crippen LogP contribution in [0.2, 0.25) is 0 Å². The fourth-order valence-corrected chi connectivity index (χ4v) is 4.07. The Morgan fingerprint density at radius 3 is 1.42 bits per heavy atom. The molecule has 0 aliphatic heterocycles. The first-order valence-corrected chi connectivity index (χ1v) is 14.6. The largest absolute Gasteiger partial charge is 0.383 e. The molecule has 0 saturated heterocycles. The molecule has 3 aromatic rings. The van der Waals surface area contributed by atoms with E-state index in [2.05, 4.69) is 21.3 Å². The number of carbonyl (C=O) groups excluding carboxylic acids is 2. The summed E-state index contributed by atoms with van der Waals surface area (Å²) >= 11 is 0. The molecule has 14 heteroatoms. The fourth-order valence-electron chi connectivity index (χ4n) is 3.17. The Labute approximate surface area is 220 Å². The van der Waals surface area contributed by atoms with E-state index in [0.717, 1.165) is 23.6 Å². The number of hydrogen-bond acceptors (Lipinski definition) is 8. The van der Waals surface area contributed by atoms with Crippen molar-refractivity contribution in [3.05, 3.63) is 83.9 Å². The Balaban J connectivity index is 1.48. The summed E-state index contributed by atoms with van der Waals surface area (Å²) in [5, 5.41) is 10.6. The molecule has 0 saturated carbocycles. The van der Waals surface area contributed by atoms with Crippen LogP contribution in [0.4, 0.5) is 21.0 Å². The van der Waals surface area contributed by atoms with Gasteiger partial charge in [0.1, 0.15) is 11.5 Å². The van der Waals surface area contributed by atoms with E-state index in [1.54, 1.807) is 42.5 Å². The lowest BCUT2D eigenvalue weighted by atomic mass is 10.1. The highest BCUT2D eigenvalue weighted by Gasteiger charge is 2.09. The third-order valence-electron chi connectivity index (χ3n) is 4.58. The van der Waals surface area contributed by atoms with Crippen LogP contribution in [0.5, 0.6) is 11.5 Å². The van der Waals surface area contributed by atoms with Crippen molar-refractivity contribution in [2.75, 3.05) is 23.1 Å². The van der Waals surface area contributed by atoms with E-state index in [1.165, 1.54) is 24.3 Å². The first-order valence-electron chi connectivity index (χ1n) is 11.0. The summed E-state index contributed by atoms with van der Waals surface area (Å²) in [4.78, 5) is 24.5. The van der Waals surface area contributed by atoms with E-state index in [0.29, 0.717) is 11.4 Å². The van der Waals surface area contributed by atoms with Gasteiger partial charge >= 0.3 is 32.3 Å². The molecule has 4 amide bonds. The first-order chi connectivity index (χ1) is 17.8. The molecule has 0 bridgehead atoms. The quantitative estimate of drug-likeness (QED) is 0.273. The summed E-state index contributed by atoms with van der Waals surface area (Å²) in [6, 6.07) is 18.1. The Kier molecular flexibility index (Phi) is 9.15. The number of carbonyl (C=O) groups is 2. The van der Waals surface area contributed by atoms with Crippen molar-refractivity contribution < 1.29 is 34.8 Å². The highest BCUT2D eigenvalue weighted by Crippen LogP contribution is 2.19. The summed E-state index contributed by atoms with van der Waals surface area (Å²) in [6.07, 6.45) is 1.85. The van der Waals surface area contributed by atoms with Crippen LogP contribution in [0.1, 0.15) is 11.1 Å². The molecule has 12 nitrogen and oxygen atoms in total. The van der Waals surface area contributed by atoms with Gasteiger partial charge in [-0.25, -0.2) is 9.59 Å². The van der Waals surface area contributed by atoms with Gasteiger partial charge in [-0.1, -0.05) is 36.4 Å². The van der Waals surface area contributed by atoms with Crippen LogP contribution >= 0.6 is 0 Å². The monoisotopic (exact) mass is 562 g/mol. The number of hydrogen-bond donors (Lipinski definition) is 4. The molecule has 0 heterocycles. The average Bonchev–Trinajstić information content (AvgIpc) is 2.80. The van der Waals surface area contributed by atoms with Gasteiger partial charge in [0.05, 0.1) is 12.5 Å². The highest BCUT2D eigenvalue weighted by atomic mass is 32.2. The van der Waals surface area contributed by atoms with Crippen LogP contribution in [-0.4, -0.2) is 41.4 Å². The molecule has 0 fully saturated rings. The Bertz CT molecular complexity index is 1410. The molecule has 0 aromatic heterocycles. The zero-order chi connectivity index (χ0) is 27.8. The maximum Gasteiger partial charge on any atom is 0.319 e. The smallest absolute Gasteiger partial charge is 0.319 e. The molecular weight excluding hydrogens is 536 g/mol. The van der Waals surface area contributed by atoms with Gasteiger partial charge in [0.15, 0.2) is 0 Å². The van der Waals surface area contributed by atoms with Crippen molar-refractivity contribution >= 4 is 43.7 Å². The SMILES string of the molecule is CS(=O)(=O)Oc1cccc(NC(=O)NCc2cccc(CNC(=O)Nc3cccc(OS(C)(=O)=O)c3)c2)c1. The van der Waals surface area contributed by atoms with Crippen molar-refractivity contribution in [3.63, 3.8) is 0 Å². The van der Waals surface area contributed by atoms with E-state index in [9.17, 15) is 26.4 Å². The molecule has 0 aliphatic carbocycles. The number of rotatable bonds is 10. The second-order valence-corrected chi connectivity index (χ2v) is 11.2. The molecule has 0 atom stereocenters. The topological polar surface area (TPSA) is 169 Å². The number of urea groups is 2. The van der Waals surface area contributed by atoms with Gasteiger partial charge in [-0.3, -0.25) is 0 Å². The van der Waals surface area contributed by atoms with E-state index >= 15 is 0 Å². The maximum absolute atomic E-state index is 12.3. The van der Waals surface area contributed by atoms with E-state index in [-0.39, 0.29) is 24.6 Å². The minimum absolute atomic E-state index is 0.0736. The first kappa shape index (κ1) is 28.3. The molecule has 3 aromatic carbocycles. The average molecular weight is 563 g/mol. The van der Waals surface area contributed by atoms with Crippen LogP contribution in [0.3, 0.4) is 0 Å². The van der Waals surface area contributed by atoms with Crippen LogP contribution in [0.25, 0.3) is 0 Å². The molecule has 202 valence electrons. The lowest BCUT2D eigenvalue weighted by Crippen LogP contribution is -2.29. The van der Waals surface area contributed by atoms with Crippen LogP contribution in [0.15, 0.2) is 72.8 Å². The fraction of sp³-hybridized carbons (Fsp3) is 0.167. The minimum atomic E-state index is -3.69. The third-order valence-corrected chi connectivity index (χ3v) is 5.57. The van der Waals surface area contributed by atoms with Gasteiger partial charge in [0, 0.05) is 36.6 Å².